The van der Waals surface area contributed by atoms with Crippen LogP contribution in [0.3, 0.4) is 0 Å². The van der Waals surface area contributed by atoms with E-state index in [0.29, 0.717) is 17.5 Å². The maximum Gasteiger partial charge on any atom is 0.164 e. The summed E-state index contributed by atoms with van der Waals surface area (Å²) < 4.78 is 2.38. The Morgan fingerprint density at radius 1 is 0.273 bits per heavy atom. The van der Waals surface area contributed by atoms with E-state index in [0.717, 1.165) is 44.4 Å². The van der Waals surface area contributed by atoms with E-state index in [1.165, 1.54) is 43.2 Å². The van der Waals surface area contributed by atoms with Gasteiger partial charge in [0.1, 0.15) is 0 Å². The van der Waals surface area contributed by atoms with Gasteiger partial charge in [-0.15, -0.1) is 0 Å². The van der Waals surface area contributed by atoms with E-state index in [1.54, 1.807) is 0 Å². The lowest BCUT2D eigenvalue weighted by Gasteiger charge is -2.17. The highest BCUT2D eigenvalue weighted by atomic mass is 15.0. The predicted octanol–water partition coefficient (Wildman–Crippen LogP) is 13.1. The molecule has 2 heterocycles. The third kappa shape index (κ3) is 5.11. The molecule has 0 amide bonds. The van der Waals surface area contributed by atoms with Crippen LogP contribution in [0.4, 0.5) is 0 Å². The van der Waals surface area contributed by atoms with Gasteiger partial charge in [-0.2, -0.15) is 0 Å². The number of fused-ring (bicyclic) bond motifs is 9. The summed E-state index contributed by atoms with van der Waals surface area (Å²) in [6.07, 6.45) is 0. The molecule has 9 aromatic carbocycles. The molecule has 0 bridgehead atoms. The minimum atomic E-state index is 0.630. The number of nitrogens with zero attached hydrogens (tertiary/aromatic N) is 4. The highest BCUT2D eigenvalue weighted by Crippen LogP contribution is 2.43. The number of hydrogen-bond donors (Lipinski definition) is 0. The number of aromatic nitrogens is 4. The second-order valence-electron chi connectivity index (χ2n) is 14.0. The highest BCUT2D eigenvalue weighted by molar-refractivity contribution is 6.26. The van der Waals surface area contributed by atoms with Crippen molar-refractivity contribution in [3.63, 3.8) is 0 Å². The van der Waals surface area contributed by atoms with E-state index in [1.807, 2.05) is 36.4 Å². The fourth-order valence-corrected chi connectivity index (χ4v) is 8.30. The lowest BCUT2D eigenvalue weighted by molar-refractivity contribution is 1.07. The molecule has 11 rings (SSSR count). The van der Waals surface area contributed by atoms with E-state index in [2.05, 4.69) is 162 Å². The Hall–Kier alpha value is -7.43. The van der Waals surface area contributed by atoms with Crippen molar-refractivity contribution in [2.75, 3.05) is 0 Å². The molecule has 0 saturated heterocycles. The Morgan fingerprint density at radius 3 is 1.29 bits per heavy atom. The minimum Gasteiger partial charge on any atom is -0.309 e. The van der Waals surface area contributed by atoms with Gasteiger partial charge in [0.15, 0.2) is 17.5 Å². The normalized spacial score (nSPS) is 11.6. The molecule has 0 spiro atoms. The van der Waals surface area contributed by atoms with Gasteiger partial charge in [-0.25, -0.2) is 15.0 Å². The summed E-state index contributed by atoms with van der Waals surface area (Å²) >= 11 is 0. The van der Waals surface area contributed by atoms with E-state index in [9.17, 15) is 0 Å². The smallest absolute Gasteiger partial charge is 0.164 e. The van der Waals surface area contributed by atoms with E-state index < -0.39 is 0 Å². The lowest BCUT2D eigenvalue weighted by atomic mass is 9.89. The third-order valence-electron chi connectivity index (χ3n) is 10.8. The number of hydrogen-bond acceptors (Lipinski definition) is 3. The summed E-state index contributed by atoms with van der Waals surface area (Å²) in [6.45, 7) is 0. The van der Waals surface area contributed by atoms with Gasteiger partial charge in [0.25, 0.3) is 0 Å². The molecule has 0 N–H and O–H groups in total. The summed E-state index contributed by atoms with van der Waals surface area (Å²) in [6, 6.07) is 68.7. The van der Waals surface area contributed by atoms with Crippen LogP contribution in [0, 0.1) is 0 Å². The van der Waals surface area contributed by atoms with Crippen LogP contribution < -0.4 is 0 Å². The molecular weight excluding hydrogens is 669 g/mol. The zero-order valence-electron chi connectivity index (χ0n) is 29.8. The summed E-state index contributed by atoms with van der Waals surface area (Å²) in [4.78, 5) is 15.6. The van der Waals surface area contributed by atoms with Crippen molar-refractivity contribution in [1.82, 2.24) is 19.5 Å². The van der Waals surface area contributed by atoms with Crippen molar-refractivity contribution in [2.24, 2.45) is 0 Å². The molecule has 55 heavy (non-hydrogen) atoms. The van der Waals surface area contributed by atoms with Crippen molar-refractivity contribution in [3.05, 3.63) is 194 Å². The summed E-state index contributed by atoms with van der Waals surface area (Å²) in [5, 5.41) is 9.66. The summed E-state index contributed by atoms with van der Waals surface area (Å²) in [5.41, 5.74) is 8.42. The molecule has 0 aliphatic carbocycles. The van der Waals surface area contributed by atoms with E-state index in [4.69, 9.17) is 15.0 Å². The first-order chi connectivity index (χ1) is 27.3. The Bertz CT molecular complexity index is 3180. The fraction of sp³-hybridized carbons (Fsp3) is 0. The van der Waals surface area contributed by atoms with Gasteiger partial charge in [0.2, 0.25) is 0 Å². The van der Waals surface area contributed by atoms with Crippen LogP contribution in [0.25, 0.3) is 105 Å². The molecule has 0 aliphatic heterocycles. The zero-order chi connectivity index (χ0) is 36.3. The van der Waals surface area contributed by atoms with Crippen LogP contribution >= 0.6 is 0 Å². The molecule has 0 fully saturated rings. The largest absolute Gasteiger partial charge is 0.309 e. The predicted molar refractivity (Wildman–Crippen MR) is 228 cm³/mol. The second kappa shape index (κ2) is 12.6. The topological polar surface area (TPSA) is 43.6 Å². The van der Waals surface area contributed by atoms with Crippen molar-refractivity contribution >= 4 is 54.1 Å². The van der Waals surface area contributed by atoms with Crippen molar-refractivity contribution in [3.8, 4) is 51.0 Å². The molecule has 2 aromatic heterocycles. The van der Waals surface area contributed by atoms with Crippen molar-refractivity contribution < 1.29 is 0 Å². The lowest BCUT2D eigenvalue weighted by Crippen LogP contribution is -2.01. The summed E-state index contributed by atoms with van der Waals surface area (Å²) in [7, 11) is 0. The number of benzene rings is 9. The second-order valence-corrected chi connectivity index (χ2v) is 14.0. The highest BCUT2D eigenvalue weighted by Gasteiger charge is 2.21. The van der Waals surface area contributed by atoms with Crippen molar-refractivity contribution in [1.29, 1.82) is 0 Å². The average Bonchev–Trinajstić information content (AvgIpc) is 3.60. The number of rotatable bonds is 5. The first-order valence-electron chi connectivity index (χ1n) is 18.6. The average molecular weight is 701 g/mol. The van der Waals surface area contributed by atoms with Crippen LogP contribution in [0.2, 0.25) is 0 Å². The van der Waals surface area contributed by atoms with E-state index in [-0.39, 0.29) is 0 Å². The minimum absolute atomic E-state index is 0.630. The monoisotopic (exact) mass is 700 g/mol. The number of para-hydroxylation sites is 2. The molecular formula is C51H32N4. The standard InChI is InChI=1S/C51H32N4/c1-4-16-33(17-5-1)49-52-50(34-18-6-2-7-19-34)54-51(53-49)46-32-45-40-25-13-11-23-38(40)37-22-10-12-24-39(37)44(45)31-43(46)35-28-29-42-41-26-14-15-27-47(41)55(48(42)30-35)36-20-8-3-9-21-36/h1-32H. The fourth-order valence-electron chi connectivity index (χ4n) is 8.30. The molecule has 0 aliphatic rings. The molecule has 4 nitrogen and oxygen atoms in total. The SMILES string of the molecule is c1ccc(-c2nc(-c3ccccc3)nc(-c3cc4c5ccccc5c5ccccc5c4cc3-c3ccc4c5ccccc5n(-c5ccccc5)c4c3)n2)cc1. The van der Waals surface area contributed by atoms with Crippen LogP contribution in [-0.4, -0.2) is 19.5 Å². The maximum atomic E-state index is 5.27. The molecule has 0 saturated carbocycles. The molecule has 256 valence electrons. The third-order valence-corrected chi connectivity index (χ3v) is 10.8. The van der Waals surface area contributed by atoms with Crippen LogP contribution in [-0.2, 0) is 0 Å². The van der Waals surface area contributed by atoms with Crippen LogP contribution in [0.5, 0.6) is 0 Å². The molecule has 0 radical (unpaired) electrons. The Labute approximate surface area is 317 Å². The Balaban J connectivity index is 1.27. The summed E-state index contributed by atoms with van der Waals surface area (Å²) in [5.74, 6) is 1.91. The van der Waals surface area contributed by atoms with Gasteiger partial charge in [-0.1, -0.05) is 158 Å². The molecule has 0 unspecified atom stereocenters. The van der Waals surface area contributed by atoms with Crippen molar-refractivity contribution in [2.45, 2.75) is 0 Å². The zero-order valence-corrected chi connectivity index (χ0v) is 29.8. The Kier molecular flexibility index (Phi) is 7.14. The first kappa shape index (κ1) is 31.1. The molecule has 4 heteroatoms. The first-order valence-corrected chi connectivity index (χ1v) is 18.6. The Morgan fingerprint density at radius 2 is 0.709 bits per heavy atom. The van der Waals surface area contributed by atoms with Crippen LogP contribution in [0.1, 0.15) is 0 Å². The van der Waals surface area contributed by atoms with Gasteiger partial charge in [-0.3, -0.25) is 0 Å². The van der Waals surface area contributed by atoms with Gasteiger partial charge >= 0.3 is 0 Å². The van der Waals surface area contributed by atoms with Gasteiger partial charge in [0, 0.05) is 33.2 Å². The maximum absolute atomic E-state index is 5.27. The van der Waals surface area contributed by atoms with Gasteiger partial charge in [-0.05, 0) is 79.8 Å². The quantitative estimate of drug-likeness (QED) is 0.168. The molecule has 0 atom stereocenters. The van der Waals surface area contributed by atoms with Gasteiger partial charge < -0.3 is 4.57 Å². The van der Waals surface area contributed by atoms with Crippen LogP contribution in [0.15, 0.2) is 194 Å². The van der Waals surface area contributed by atoms with E-state index >= 15 is 0 Å². The van der Waals surface area contributed by atoms with Gasteiger partial charge in [0.05, 0.1) is 11.0 Å². The molecule has 11 aromatic rings.